The van der Waals surface area contributed by atoms with E-state index in [0.29, 0.717) is 6.61 Å². The zero-order chi connectivity index (χ0) is 4.12. The Morgan fingerprint density at radius 3 is 1.44 bits per heavy atom. The molecule has 0 fully saturated rings. The summed E-state index contributed by atoms with van der Waals surface area (Å²) in [5.41, 5.74) is 0. The summed E-state index contributed by atoms with van der Waals surface area (Å²) in [6.45, 7) is 2.40. The molecule has 0 aromatic carbocycles. The van der Waals surface area contributed by atoms with Crippen LogP contribution >= 0.6 is 0 Å². The maximum absolute atomic E-state index is 8.07. The fourth-order valence-corrected chi connectivity index (χ4v) is 0.158. The van der Waals surface area contributed by atoms with E-state index in [1.54, 1.807) is 0 Å². The van der Waals surface area contributed by atoms with Gasteiger partial charge in [0.1, 0.15) is 0 Å². The summed E-state index contributed by atoms with van der Waals surface area (Å²) in [6, 6.07) is 0. The SMILES string of the molecule is CCCCO.[Cl-].[Cl-].[Cl-].[Hf]. The molecule has 0 bridgehead atoms. The molecular weight excluding hydrogens is 349 g/mol. The minimum Gasteiger partial charge on any atom is -1.00 e. The summed E-state index contributed by atoms with van der Waals surface area (Å²) >= 11 is 0. The van der Waals surface area contributed by atoms with Crippen LogP contribution in [0.5, 0.6) is 0 Å². The van der Waals surface area contributed by atoms with Crippen LogP contribution in [-0.4, -0.2) is 11.7 Å². The van der Waals surface area contributed by atoms with Gasteiger partial charge < -0.3 is 42.3 Å². The molecule has 0 saturated carbocycles. The predicted molar refractivity (Wildman–Crippen MR) is 22.0 cm³/mol. The van der Waals surface area contributed by atoms with Crippen molar-refractivity contribution in [3.8, 4) is 0 Å². The van der Waals surface area contributed by atoms with Crippen LogP contribution in [0.2, 0.25) is 0 Å². The van der Waals surface area contributed by atoms with Gasteiger partial charge >= 0.3 is 0 Å². The van der Waals surface area contributed by atoms with Gasteiger partial charge in [0.25, 0.3) is 0 Å². The molecule has 5 heteroatoms. The van der Waals surface area contributed by atoms with Crippen molar-refractivity contribution in [1.82, 2.24) is 0 Å². The summed E-state index contributed by atoms with van der Waals surface area (Å²) in [5.74, 6) is 0. The fraction of sp³-hybridized carbons (Fsp3) is 1.00. The number of hydrogen-bond acceptors (Lipinski definition) is 1. The van der Waals surface area contributed by atoms with E-state index in [4.69, 9.17) is 5.11 Å². The van der Waals surface area contributed by atoms with Crippen molar-refractivity contribution in [3.63, 3.8) is 0 Å². The van der Waals surface area contributed by atoms with Gasteiger partial charge in [-0.05, 0) is 6.42 Å². The molecule has 0 aliphatic heterocycles. The predicted octanol–water partition coefficient (Wildman–Crippen LogP) is -8.21. The summed E-state index contributed by atoms with van der Waals surface area (Å²) in [6.07, 6.45) is 2.04. The Hall–Kier alpha value is 1.70. The molecule has 0 aliphatic rings. The van der Waals surface area contributed by atoms with Gasteiger partial charge in [0.15, 0.2) is 0 Å². The molecular formula is C4H10Cl3HfO-3. The molecule has 0 spiro atoms. The Labute approximate surface area is 94.0 Å². The molecule has 0 aromatic rings. The van der Waals surface area contributed by atoms with E-state index < -0.39 is 0 Å². The third kappa shape index (κ3) is 42.0. The molecule has 60 valence electrons. The van der Waals surface area contributed by atoms with Gasteiger partial charge in [-0.15, -0.1) is 0 Å². The average molecular weight is 359 g/mol. The molecule has 0 amide bonds. The van der Waals surface area contributed by atoms with Crippen molar-refractivity contribution >= 4 is 0 Å². The first kappa shape index (κ1) is 31.0. The Morgan fingerprint density at radius 1 is 1.11 bits per heavy atom. The van der Waals surface area contributed by atoms with E-state index in [-0.39, 0.29) is 63.1 Å². The second kappa shape index (κ2) is 33.2. The topological polar surface area (TPSA) is 20.2 Å². The Bertz CT molecular complexity index is 23.3. The van der Waals surface area contributed by atoms with Gasteiger partial charge in [0, 0.05) is 32.5 Å². The van der Waals surface area contributed by atoms with Crippen molar-refractivity contribution in [1.29, 1.82) is 0 Å². The summed E-state index contributed by atoms with van der Waals surface area (Å²) in [4.78, 5) is 0. The first-order valence-electron chi connectivity index (χ1n) is 2.02. The van der Waals surface area contributed by atoms with E-state index in [2.05, 4.69) is 6.92 Å². The summed E-state index contributed by atoms with van der Waals surface area (Å²) in [7, 11) is 0. The van der Waals surface area contributed by atoms with E-state index in [1.165, 1.54) is 0 Å². The van der Waals surface area contributed by atoms with Crippen LogP contribution in [-0.2, 0) is 25.8 Å². The molecule has 0 rings (SSSR count). The Balaban J connectivity index is -0.0000000133. The van der Waals surface area contributed by atoms with Gasteiger partial charge in [0.2, 0.25) is 0 Å². The molecule has 0 heterocycles. The maximum atomic E-state index is 8.07. The Kier molecular flexibility index (Phi) is 114. The van der Waals surface area contributed by atoms with Crippen LogP contribution in [0.4, 0.5) is 0 Å². The summed E-state index contributed by atoms with van der Waals surface area (Å²) < 4.78 is 0. The molecule has 0 radical (unpaired) electrons. The molecule has 0 unspecified atom stereocenters. The first-order valence-corrected chi connectivity index (χ1v) is 2.02. The standard InChI is InChI=1S/C4H10O.3ClH.Hf/c1-2-3-4-5;;;;/h5H,2-4H2,1H3;3*1H;/p-3. The van der Waals surface area contributed by atoms with E-state index in [1.807, 2.05) is 0 Å². The van der Waals surface area contributed by atoms with Crippen LogP contribution in [0.25, 0.3) is 0 Å². The number of unbranched alkanes of at least 4 members (excludes halogenated alkanes) is 1. The van der Waals surface area contributed by atoms with E-state index >= 15 is 0 Å². The third-order valence-corrected chi connectivity index (χ3v) is 0.512. The number of aliphatic hydroxyl groups is 1. The molecule has 0 aromatic heterocycles. The largest absolute Gasteiger partial charge is 1.00 e. The Morgan fingerprint density at radius 2 is 1.44 bits per heavy atom. The molecule has 0 aliphatic carbocycles. The van der Waals surface area contributed by atoms with Crippen LogP contribution in [0.15, 0.2) is 0 Å². The van der Waals surface area contributed by atoms with Crippen molar-refractivity contribution < 1.29 is 68.2 Å². The molecule has 9 heavy (non-hydrogen) atoms. The van der Waals surface area contributed by atoms with Gasteiger partial charge in [-0.25, -0.2) is 0 Å². The normalized spacial score (nSPS) is 4.67. The zero-order valence-electron chi connectivity index (χ0n) is 5.20. The van der Waals surface area contributed by atoms with E-state index in [0.717, 1.165) is 12.8 Å². The van der Waals surface area contributed by atoms with Crippen LogP contribution < -0.4 is 37.2 Å². The van der Waals surface area contributed by atoms with Gasteiger partial charge in [-0.2, -0.15) is 0 Å². The maximum Gasteiger partial charge on any atom is 0.0430 e. The van der Waals surface area contributed by atoms with Gasteiger partial charge in [-0.3, -0.25) is 0 Å². The number of aliphatic hydroxyl groups excluding tert-OH is 1. The third-order valence-electron chi connectivity index (χ3n) is 0.512. The van der Waals surface area contributed by atoms with Crippen LogP contribution in [0, 0.1) is 0 Å². The molecule has 1 nitrogen and oxygen atoms in total. The van der Waals surface area contributed by atoms with Gasteiger partial charge in [0.05, 0.1) is 0 Å². The molecule has 1 N–H and O–H groups in total. The van der Waals surface area contributed by atoms with E-state index in [9.17, 15) is 0 Å². The second-order valence-electron chi connectivity index (χ2n) is 1.08. The van der Waals surface area contributed by atoms with Crippen LogP contribution in [0.3, 0.4) is 0 Å². The zero-order valence-corrected chi connectivity index (χ0v) is 11.1. The van der Waals surface area contributed by atoms with Crippen molar-refractivity contribution in [3.05, 3.63) is 0 Å². The van der Waals surface area contributed by atoms with Crippen LogP contribution in [0.1, 0.15) is 19.8 Å². The number of rotatable bonds is 2. The first-order chi connectivity index (χ1) is 2.41. The minimum absolute atomic E-state index is 0. The molecule has 0 atom stereocenters. The summed E-state index contributed by atoms with van der Waals surface area (Å²) in [5, 5.41) is 8.07. The minimum atomic E-state index is 0. The smallest absolute Gasteiger partial charge is 0.0430 e. The average Bonchev–Trinajstić information content (AvgIpc) is 1.41. The van der Waals surface area contributed by atoms with Crippen molar-refractivity contribution in [2.24, 2.45) is 0 Å². The fourth-order valence-electron chi connectivity index (χ4n) is 0.158. The number of hydrogen-bond donors (Lipinski definition) is 1. The van der Waals surface area contributed by atoms with Crippen molar-refractivity contribution in [2.75, 3.05) is 6.61 Å². The number of halogens is 3. The molecule has 0 saturated heterocycles. The van der Waals surface area contributed by atoms with Crippen molar-refractivity contribution in [2.45, 2.75) is 19.8 Å². The second-order valence-corrected chi connectivity index (χ2v) is 1.08. The van der Waals surface area contributed by atoms with Gasteiger partial charge in [-0.1, -0.05) is 13.3 Å². The quantitative estimate of drug-likeness (QED) is 0.486. The monoisotopic (exact) mass is 359 g/mol.